The van der Waals surface area contributed by atoms with Crippen molar-refractivity contribution in [1.82, 2.24) is 10.2 Å². The van der Waals surface area contributed by atoms with E-state index in [4.69, 9.17) is 10.5 Å². The number of carbonyl (C=O) groups excluding carboxylic acids is 2. The molecule has 0 atom stereocenters. The Hall–Kier alpha value is -3.00. The highest BCUT2D eigenvalue weighted by Crippen LogP contribution is 2.37. The van der Waals surface area contributed by atoms with Crippen molar-refractivity contribution < 1.29 is 23.1 Å². The van der Waals surface area contributed by atoms with Gasteiger partial charge in [-0.05, 0) is 24.1 Å². The summed E-state index contributed by atoms with van der Waals surface area (Å²) in [6, 6.07) is 10.6. The van der Waals surface area contributed by atoms with E-state index >= 15 is 0 Å². The van der Waals surface area contributed by atoms with Gasteiger partial charge in [0.1, 0.15) is 17.4 Å². The molecule has 0 saturated carbocycles. The summed E-state index contributed by atoms with van der Waals surface area (Å²) in [7, 11) is 1.47. The van der Waals surface area contributed by atoms with Gasteiger partial charge in [0.25, 0.3) is 0 Å². The summed E-state index contributed by atoms with van der Waals surface area (Å²) in [6.07, 6.45) is 0.196. The van der Waals surface area contributed by atoms with Gasteiger partial charge in [0, 0.05) is 31.3 Å². The van der Waals surface area contributed by atoms with Crippen molar-refractivity contribution in [2.24, 2.45) is 11.1 Å². The number of halogens is 2. The van der Waals surface area contributed by atoms with Gasteiger partial charge in [-0.25, -0.2) is 8.78 Å². The first kappa shape index (κ1) is 20.7. The van der Waals surface area contributed by atoms with Crippen LogP contribution in [0.2, 0.25) is 0 Å². The first-order chi connectivity index (χ1) is 13.8. The molecule has 1 heterocycles. The molecule has 2 aromatic rings. The van der Waals surface area contributed by atoms with E-state index in [1.165, 1.54) is 25.3 Å². The second kappa shape index (κ2) is 8.57. The number of hydrogen-bond acceptors (Lipinski definition) is 4. The average molecular weight is 403 g/mol. The number of benzene rings is 2. The first-order valence-corrected chi connectivity index (χ1v) is 9.18. The van der Waals surface area contributed by atoms with E-state index in [1.807, 2.05) is 4.90 Å². The number of rotatable bonds is 8. The Morgan fingerprint density at radius 2 is 1.90 bits per heavy atom. The van der Waals surface area contributed by atoms with Crippen LogP contribution in [0.4, 0.5) is 8.78 Å². The minimum Gasteiger partial charge on any atom is -0.496 e. The molecule has 0 unspecified atom stereocenters. The number of amides is 2. The van der Waals surface area contributed by atoms with Crippen molar-refractivity contribution in [1.29, 1.82) is 0 Å². The van der Waals surface area contributed by atoms with E-state index < -0.39 is 17.1 Å². The number of likely N-dealkylation sites (tertiary alicyclic amines) is 1. The molecule has 3 N–H and O–H groups in total. The predicted molar refractivity (Wildman–Crippen MR) is 103 cm³/mol. The number of methoxy groups -OCH3 is 1. The fourth-order valence-corrected chi connectivity index (χ4v) is 3.71. The van der Waals surface area contributed by atoms with Crippen molar-refractivity contribution in [3.63, 3.8) is 0 Å². The first-order valence-electron chi connectivity index (χ1n) is 9.18. The zero-order chi connectivity index (χ0) is 21.0. The summed E-state index contributed by atoms with van der Waals surface area (Å²) < 4.78 is 32.8. The second-order valence-corrected chi connectivity index (χ2v) is 7.30. The van der Waals surface area contributed by atoms with Gasteiger partial charge in [0.05, 0.1) is 19.1 Å². The van der Waals surface area contributed by atoms with E-state index in [0.717, 1.165) is 5.56 Å². The van der Waals surface area contributed by atoms with Crippen molar-refractivity contribution in [2.45, 2.75) is 13.0 Å². The SMILES string of the molecule is COc1cc(F)ccc1CN1CC(Cc2ccccc2F)(C(=O)NCC(N)=O)C1. The Bertz CT molecular complexity index is 914. The molecule has 1 aliphatic rings. The van der Waals surface area contributed by atoms with Crippen LogP contribution in [0.3, 0.4) is 0 Å². The number of primary amides is 1. The maximum absolute atomic E-state index is 14.2. The van der Waals surface area contributed by atoms with Crippen molar-refractivity contribution in [2.75, 3.05) is 26.7 Å². The highest BCUT2D eigenvalue weighted by molar-refractivity contribution is 5.88. The van der Waals surface area contributed by atoms with Gasteiger partial charge in [0.15, 0.2) is 0 Å². The molecule has 0 bridgehead atoms. The molecular weight excluding hydrogens is 380 g/mol. The molecule has 0 aromatic heterocycles. The summed E-state index contributed by atoms with van der Waals surface area (Å²) in [4.78, 5) is 25.8. The number of nitrogens with one attached hydrogen (secondary N) is 1. The summed E-state index contributed by atoms with van der Waals surface area (Å²) >= 11 is 0. The number of nitrogens with zero attached hydrogens (tertiary/aromatic N) is 1. The van der Waals surface area contributed by atoms with Gasteiger partial charge >= 0.3 is 0 Å². The lowest BCUT2D eigenvalue weighted by Gasteiger charge is -2.49. The molecule has 1 saturated heterocycles. The fraction of sp³-hybridized carbons (Fsp3) is 0.333. The summed E-state index contributed by atoms with van der Waals surface area (Å²) in [6.45, 7) is 0.883. The van der Waals surface area contributed by atoms with E-state index in [9.17, 15) is 18.4 Å². The van der Waals surface area contributed by atoms with Crippen LogP contribution in [0.5, 0.6) is 5.75 Å². The molecule has 1 fully saturated rings. The van der Waals surface area contributed by atoms with Crippen LogP contribution in [-0.4, -0.2) is 43.5 Å². The minimum absolute atomic E-state index is 0.196. The Morgan fingerprint density at radius 3 is 2.55 bits per heavy atom. The number of carbonyl (C=O) groups is 2. The number of hydrogen-bond donors (Lipinski definition) is 2. The molecule has 2 amide bonds. The van der Waals surface area contributed by atoms with Crippen LogP contribution >= 0.6 is 0 Å². The van der Waals surface area contributed by atoms with Gasteiger partial charge in [-0.3, -0.25) is 14.5 Å². The molecule has 0 spiro atoms. The van der Waals surface area contributed by atoms with Crippen molar-refractivity contribution in [3.05, 3.63) is 65.2 Å². The Labute approximate surface area is 167 Å². The van der Waals surface area contributed by atoms with Crippen LogP contribution in [-0.2, 0) is 22.6 Å². The lowest BCUT2D eigenvalue weighted by Crippen LogP contribution is -2.64. The maximum atomic E-state index is 14.2. The van der Waals surface area contributed by atoms with Gasteiger partial charge in [0.2, 0.25) is 11.8 Å². The molecule has 154 valence electrons. The molecular formula is C21H23F2N3O3. The van der Waals surface area contributed by atoms with Crippen LogP contribution < -0.4 is 15.8 Å². The zero-order valence-electron chi connectivity index (χ0n) is 16.1. The molecule has 1 aliphatic heterocycles. The second-order valence-electron chi connectivity index (χ2n) is 7.30. The molecule has 0 aliphatic carbocycles. The lowest BCUT2D eigenvalue weighted by molar-refractivity contribution is -0.143. The summed E-state index contributed by atoms with van der Waals surface area (Å²) in [5.41, 5.74) is 5.46. The highest BCUT2D eigenvalue weighted by atomic mass is 19.1. The van der Waals surface area contributed by atoms with E-state index in [0.29, 0.717) is 30.9 Å². The molecule has 29 heavy (non-hydrogen) atoms. The largest absolute Gasteiger partial charge is 0.496 e. The van der Waals surface area contributed by atoms with E-state index in [-0.39, 0.29) is 24.7 Å². The zero-order valence-corrected chi connectivity index (χ0v) is 16.1. The highest BCUT2D eigenvalue weighted by Gasteiger charge is 2.49. The minimum atomic E-state index is -0.884. The maximum Gasteiger partial charge on any atom is 0.236 e. The van der Waals surface area contributed by atoms with Crippen molar-refractivity contribution in [3.8, 4) is 5.75 Å². The standard InChI is InChI=1S/C21H23F2N3O3/c1-29-18-8-16(22)7-6-15(18)11-26-12-21(13-26,20(28)25-10-19(24)27)9-14-4-2-3-5-17(14)23/h2-8H,9-13H2,1H3,(H2,24,27)(H,25,28). The molecule has 2 aromatic carbocycles. The van der Waals surface area contributed by atoms with Gasteiger partial charge in [-0.2, -0.15) is 0 Å². The molecule has 8 heteroatoms. The van der Waals surface area contributed by atoms with Gasteiger partial charge in [-0.1, -0.05) is 24.3 Å². The van der Waals surface area contributed by atoms with Crippen LogP contribution in [0.25, 0.3) is 0 Å². The smallest absolute Gasteiger partial charge is 0.236 e. The summed E-state index contributed by atoms with van der Waals surface area (Å²) in [5.74, 6) is -1.34. The quantitative estimate of drug-likeness (QED) is 0.702. The lowest BCUT2D eigenvalue weighted by atomic mass is 9.73. The van der Waals surface area contributed by atoms with E-state index in [2.05, 4.69) is 5.32 Å². The summed E-state index contributed by atoms with van der Waals surface area (Å²) in [5, 5.41) is 2.54. The topological polar surface area (TPSA) is 84.7 Å². The number of nitrogens with two attached hydrogens (primary N) is 1. The van der Waals surface area contributed by atoms with Crippen LogP contribution in [0.15, 0.2) is 42.5 Å². The number of ether oxygens (including phenoxy) is 1. The Morgan fingerprint density at radius 1 is 1.17 bits per heavy atom. The normalized spacial score (nSPS) is 15.4. The monoisotopic (exact) mass is 403 g/mol. The van der Waals surface area contributed by atoms with Gasteiger partial charge < -0.3 is 15.8 Å². The molecule has 3 rings (SSSR count). The van der Waals surface area contributed by atoms with Crippen molar-refractivity contribution >= 4 is 11.8 Å². The third-order valence-corrected chi connectivity index (χ3v) is 5.09. The Kier molecular flexibility index (Phi) is 6.12. The third-order valence-electron chi connectivity index (χ3n) is 5.09. The predicted octanol–water partition coefficient (Wildman–Crippen LogP) is 1.62. The van der Waals surface area contributed by atoms with Gasteiger partial charge in [-0.15, -0.1) is 0 Å². The fourth-order valence-electron chi connectivity index (χ4n) is 3.71. The van der Waals surface area contributed by atoms with Crippen LogP contribution in [0.1, 0.15) is 11.1 Å². The Balaban J connectivity index is 1.76. The third kappa shape index (κ3) is 4.71. The average Bonchev–Trinajstić information content (AvgIpc) is 2.66. The molecule has 0 radical (unpaired) electrons. The van der Waals surface area contributed by atoms with Crippen LogP contribution in [0, 0.1) is 17.0 Å². The molecule has 6 nitrogen and oxygen atoms in total. The van der Waals surface area contributed by atoms with E-state index in [1.54, 1.807) is 24.3 Å².